The molecular formula is C20H18N3O9PS. The molecule has 1 N–H and O–H groups in total. The summed E-state index contributed by atoms with van der Waals surface area (Å²) < 4.78 is 51.5. The maximum atomic E-state index is 13.4. The first-order chi connectivity index (χ1) is 16.1. The zero-order valence-electron chi connectivity index (χ0n) is 17.3. The van der Waals surface area contributed by atoms with E-state index in [1.807, 2.05) is 0 Å². The Morgan fingerprint density at radius 1 is 0.765 bits per heavy atom. The first kappa shape index (κ1) is 24.8. The van der Waals surface area contributed by atoms with Gasteiger partial charge in [0.1, 0.15) is 17.8 Å². The SMILES string of the molecule is O=[N+]([O-])c1ccc(OP(=O)(CNS(=O)(=O)Cc2ccccc2)Oc2ccc([N+](=O)[O-])cc2)cc1. The van der Waals surface area contributed by atoms with Crippen LogP contribution >= 0.6 is 7.60 Å². The fraction of sp³-hybridized carbons (Fsp3) is 0.100. The fourth-order valence-electron chi connectivity index (χ4n) is 2.68. The molecular weight excluding hydrogens is 489 g/mol. The quantitative estimate of drug-likeness (QED) is 0.227. The van der Waals surface area contributed by atoms with Crippen molar-refractivity contribution in [3.8, 4) is 11.5 Å². The average Bonchev–Trinajstić information content (AvgIpc) is 2.79. The second-order valence-corrected chi connectivity index (χ2v) is 10.6. The van der Waals surface area contributed by atoms with Gasteiger partial charge in [0.15, 0.2) is 0 Å². The highest BCUT2D eigenvalue weighted by atomic mass is 32.2. The van der Waals surface area contributed by atoms with Gasteiger partial charge in [0.2, 0.25) is 10.0 Å². The van der Waals surface area contributed by atoms with E-state index in [0.717, 1.165) is 24.3 Å². The molecule has 0 aliphatic heterocycles. The zero-order chi connectivity index (χ0) is 24.8. The third-order valence-corrected chi connectivity index (χ3v) is 7.30. The lowest BCUT2D eigenvalue weighted by atomic mass is 10.2. The van der Waals surface area contributed by atoms with E-state index in [1.54, 1.807) is 30.3 Å². The van der Waals surface area contributed by atoms with Gasteiger partial charge in [0, 0.05) is 24.3 Å². The van der Waals surface area contributed by atoms with Crippen LogP contribution in [0.4, 0.5) is 11.4 Å². The Labute approximate surface area is 194 Å². The summed E-state index contributed by atoms with van der Waals surface area (Å²) in [6.45, 7) is 0. The maximum Gasteiger partial charge on any atom is 0.445 e. The molecule has 0 aromatic heterocycles. The van der Waals surface area contributed by atoms with E-state index in [2.05, 4.69) is 4.72 Å². The molecule has 0 saturated heterocycles. The highest BCUT2D eigenvalue weighted by molar-refractivity contribution is 7.89. The van der Waals surface area contributed by atoms with E-state index in [-0.39, 0.29) is 28.6 Å². The van der Waals surface area contributed by atoms with E-state index in [9.17, 15) is 33.2 Å². The van der Waals surface area contributed by atoms with Gasteiger partial charge in [-0.15, -0.1) is 0 Å². The molecule has 3 aromatic rings. The molecule has 0 aliphatic carbocycles. The first-order valence-corrected chi connectivity index (χ1v) is 12.9. The molecule has 0 spiro atoms. The van der Waals surface area contributed by atoms with Crippen molar-refractivity contribution < 1.29 is 31.9 Å². The lowest BCUT2D eigenvalue weighted by Gasteiger charge is -2.20. The summed E-state index contributed by atoms with van der Waals surface area (Å²) in [5, 5.41) is 21.7. The Morgan fingerprint density at radius 3 is 1.62 bits per heavy atom. The Bertz CT molecular complexity index is 1250. The first-order valence-electron chi connectivity index (χ1n) is 9.54. The van der Waals surface area contributed by atoms with Crippen LogP contribution in [-0.2, 0) is 20.3 Å². The van der Waals surface area contributed by atoms with Crippen molar-refractivity contribution >= 4 is 29.0 Å². The lowest BCUT2D eigenvalue weighted by Crippen LogP contribution is -2.28. The van der Waals surface area contributed by atoms with Crippen molar-refractivity contribution in [2.45, 2.75) is 5.75 Å². The normalized spacial score (nSPS) is 11.5. The highest BCUT2D eigenvalue weighted by Crippen LogP contribution is 2.48. The molecule has 14 heteroatoms. The Hall–Kier alpha value is -3.80. The molecule has 0 saturated carbocycles. The minimum Gasteiger partial charge on any atom is -0.415 e. The van der Waals surface area contributed by atoms with Crippen LogP contribution in [0.2, 0.25) is 0 Å². The van der Waals surface area contributed by atoms with Crippen molar-refractivity contribution in [1.82, 2.24) is 4.72 Å². The van der Waals surface area contributed by atoms with Crippen molar-refractivity contribution in [2.75, 3.05) is 6.29 Å². The van der Waals surface area contributed by atoms with E-state index in [4.69, 9.17) is 9.05 Å². The number of non-ortho nitro benzene ring substituents is 2. The molecule has 0 atom stereocenters. The van der Waals surface area contributed by atoms with Gasteiger partial charge in [0.25, 0.3) is 11.4 Å². The largest absolute Gasteiger partial charge is 0.445 e. The second-order valence-electron chi connectivity index (χ2n) is 6.84. The number of nitrogens with one attached hydrogen (secondary N) is 1. The summed E-state index contributed by atoms with van der Waals surface area (Å²) in [4.78, 5) is 20.4. The van der Waals surface area contributed by atoms with Crippen LogP contribution in [0.15, 0.2) is 78.9 Å². The van der Waals surface area contributed by atoms with Crippen LogP contribution < -0.4 is 13.8 Å². The van der Waals surface area contributed by atoms with E-state index in [1.165, 1.54) is 24.3 Å². The fourth-order valence-corrected chi connectivity index (χ4v) is 5.89. The van der Waals surface area contributed by atoms with Gasteiger partial charge < -0.3 is 9.05 Å². The van der Waals surface area contributed by atoms with Crippen LogP contribution in [0.3, 0.4) is 0 Å². The predicted molar refractivity (Wildman–Crippen MR) is 122 cm³/mol. The third kappa shape index (κ3) is 7.10. The predicted octanol–water partition coefficient (Wildman–Crippen LogP) is 4.23. The average molecular weight is 507 g/mol. The molecule has 0 aliphatic rings. The molecule has 0 amide bonds. The highest BCUT2D eigenvalue weighted by Gasteiger charge is 2.31. The van der Waals surface area contributed by atoms with Gasteiger partial charge in [-0.3, -0.25) is 20.2 Å². The van der Waals surface area contributed by atoms with Crippen molar-refractivity contribution in [3.63, 3.8) is 0 Å². The number of nitrogens with zero attached hydrogens (tertiary/aromatic N) is 2. The summed E-state index contributed by atoms with van der Waals surface area (Å²) in [7, 11) is -8.22. The number of nitro groups is 2. The van der Waals surface area contributed by atoms with E-state index < -0.39 is 33.8 Å². The van der Waals surface area contributed by atoms with E-state index in [0.29, 0.717) is 5.56 Å². The molecule has 178 valence electrons. The number of benzene rings is 3. The topological polar surface area (TPSA) is 168 Å². The van der Waals surface area contributed by atoms with Crippen LogP contribution in [-0.4, -0.2) is 24.6 Å². The van der Waals surface area contributed by atoms with Gasteiger partial charge in [-0.1, -0.05) is 30.3 Å². The zero-order valence-corrected chi connectivity index (χ0v) is 19.1. The summed E-state index contributed by atoms with van der Waals surface area (Å²) in [5.41, 5.74) is 0.0291. The van der Waals surface area contributed by atoms with Crippen molar-refractivity contribution in [2.24, 2.45) is 0 Å². The van der Waals surface area contributed by atoms with Gasteiger partial charge in [0.05, 0.1) is 15.6 Å². The Morgan fingerprint density at radius 2 is 1.21 bits per heavy atom. The summed E-state index contributed by atoms with van der Waals surface area (Å²) in [6.07, 6.45) is -0.768. The lowest BCUT2D eigenvalue weighted by molar-refractivity contribution is -0.385. The Balaban J connectivity index is 1.81. The summed E-state index contributed by atoms with van der Waals surface area (Å²) >= 11 is 0. The smallest absolute Gasteiger partial charge is 0.415 e. The van der Waals surface area contributed by atoms with Gasteiger partial charge in [-0.25, -0.2) is 17.7 Å². The van der Waals surface area contributed by atoms with Crippen LogP contribution in [0.25, 0.3) is 0 Å². The summed E-state index contributed by atoms with van der Waals surface area (Å²) in [5.74, 6) is -0.528. The number of nitro benzene ring substituents is 2. The van der Waals surface area contributed by atoms with Gasteiger partial charge >= 0.3 is 7.60 Å². The van der Waals surface area contributed by atoms with Gasteiger partial charge in [-0.05, 0) is 29.8 Å². The van der Waals surface area contributed by atoms with Crippen LogP contribution in [0, 0.1) is 20.2 Å². The van der Waals surface area contributed by atoms with Crippen LogP contribution in [0.1, 0.15) is 5.56 Å². The molecule has 0 heterocycles. The molecule has 3 rings (SSSR count). The number of sulfonamides is 1. The Kier molecular flexibility index (Phi) is 7.61. The minimum atomic E-state index is -4.27. The van der Waals surface area contributed by atoms with E-state index >= 15 is 0 Å². The molecule has 0 unspecified atom stereocenters. The maximum absolute atomic E-state index is 13.4. The molecule has 12 nitrogen and oxygen atoms in total. The third-order valence-electron chi connectivity index (χ3n) is 4.26. The summed E-state index contributed by atoms with van der Waals surface area (Å²) in [6, 6.07) is 17.5. The second kappa shape index (κ2) is 10.4. The van der Waals surface area contributed by atoms with Crippen molar-refractivity contribution in [3.05, 3.63) is 105 Å². The number of hydrogen-bond acceptors (Lipinski definition) is 9. The molecule has 0 bridgehead atoms. The molecule has 0 radical (unpaired) electrons. The molecule has 3 aromatic carbocycles. The van der Waals surface area contributed by atoms with Crippen LogP contribution in [0.5, 0.6) is 11.5 Å². The van der Waals surface area contributed by atoms with Crippen molar-refractivity contribution in [1.29, 1.82) is 0 Å². The van der Waals surface area contributed by atoms with Gasteiger partial charge in [-0.2, -0.15) is 0 Å². The monoisotopic (exact) mass is 507 g/mol. The standard InChI is InChI=1S/C20H18N3O9PS/c24-22(25)17-6-10-19(11-7-17)31-33(28,32-20-12-8-18(9-13-20)23(26)27)15-21-34(29,30)14-16-4-2-1-3-5-16/h1-13,21H,14-15H2. The molecule has 34 heavy (non-hydrogen) atoms. The molecule has 0 fully saturated rings. The minimum absolute atomic E-state index is 0.0712. The number of hydrogen-bond donors (Lipinski definition) is 1. The number of rotatable bonds is 11.